The Kier molecular flexibility index (Phi) is 7.81. The van der Waals surface area contributed by atoms with Crippen LogP contribution in [0.25, 0.3) is 0 Å². The van der Waals surface area contributed by atoms with Gasteiger partial charge in [-0.05, 0) is 33.8 Å². The maximum atomic E-state index is 12.7. The highest BCUT2D eigenvalue weighted by Crippen LogP contribution is 2.16. The number of aryl methyl sites for hydroxylation is 2. The molecule has 1 aromatic rings. The van der Waals surface area contributed by atoms with Crippen LogP contribution in [0.5, 0.6) is 0 Å². The van der Waals surface area contributed by atoms with Crippen molar-refractivity contribution in [2.24, 2.45) is 0 Å². The zero-order valence-electron chi connectivity index (χ0n) is 14.8. The van der Waals surface area contributed by atoms with Crippen molar-refractivity contribution in [2.45, 2.75) is 34.1 Å². The molecule has 0 aliphatic carbocycles. The Morgan fingerprint density at radius 3 is 2.26 bits per heavy atom. The molecule has 0 atom stereocenters. The van der Waals surface area contributed by atoms with Gasteiger partial charge in [0.05, 0.1) is 12.2 Å². The summed E-state index contributed by atoms with van der Waals surface area (Å²) in [6.45, 7) is 10.1. The summed E-state index contributed by atoms with van der Waals surface area (Å²) in [5.74, 6) is 1.25. The minimum atomic E-state index is -0.122. The Hall–Kier alpha value is -1.82. The molecule has 0 radical (unpaired) electrons. The SMILES string of the molecule is CCN(CC)C(=O)CCN(CCOC)C(=O)c1cc(C)oc1C. The molecule has 0 saturated carbocycles. The zero-order chi connectivity index (χ0) is 17.4. The van der Waals surface area contributed by atoms with E-state index in [9.17, 15) is 9.59 Å². The summed E-state index contributed by atoms with van der Waals surface area (Å²) in [4.78, 5) is 28.3. The van der Waals surface area contributed by atoms with Crippen LogP contribution >= 0.6 is 0 Å². The van der Waals surface area contributed by atoms with Gasteiger partial charge in [-0.25, -0.2) is 0 Å². The molecule has 2 amide bonds. The topological polar surface area (TPSA) is 63.0 Å². The summed E-state index contributed by atoms with van der Waals surface area (Å²) in [7, 11) is 1.59. The molecule has 6 heteroatoms. The van der Waals surface area contributed by atoms with Gasteiger partial charge in [-0.3, -0.25) is 9.59 Å². The number of ether oxygens (including phenoxy) is 1. The number of rotatable bonds is 9. The van der Waals surface area contributed by atoms with E-state index in [1.54, 1.807) is 29.9 Å². The van der Waals surface area contributed by atoms with Crippen molar-refractivity contribution in [1.29, 1.82) is 0 Å². The predicted molar refractivity (Wildman–Crippen MR) is 88.5 cm³/mol. The minimum Gasteiger partial charge on any atom is -0.466 e. The molecule has 0 fully saturated rings. The average Bonchev–Trinajstić information content (AvgIpc) is 2.86. The summed E-state index contributed by atoms with van der Waals surface area (Å²) >= 11 is 0. The summed E-state index contributed by atoms with van der Waals surface area (Å²) in [6, 6.07) is 1.74. The second kappa shape index (κ2) is 9.35. The normalized spacial score (nSPS) is 10.7. The number of nitrogens with zero attached hydrogens (tertiary/aromatic N) is 2. The van der Waals surface area contributed by atoms with Gasteiger partial charge >= 0.3 is 0 Å². The number of hydrogen-bond acceptors (Lipinski definition) is 4. The molecule has 23 heavy (non-hydrogen) atoms. The molecule has 1 heterocycles. The first-order chi connectivity index (χ1) is 10.9. The van der Waals surface area contributed by atoms with E-state index in [2.05, 4.69) is 0 Å². The van der Waals surface area contributed by atoms with Gasteiger partial charge in [0.2, 0.25) is 5.91 Å². The standard InChI is InChI=1S/C17H28N2O4/c1-6-18(7-2)16(20)8-9-19(10-11-22-5)17(21)15-12-13(3)23-14(15)4/h12H,6-11H2,1-5H3. The van der Waals surface area contributed by atoms with E-state index in [1.807, 2.05) is 20.8 Å². The van der Waals surface area contributed by atoms with Crippen LogP contribution in [0, 0.1) is 13.8 Å². The fraction of sp³-hybridized carbons (Fsp3) is 0.647. The highest BCUT2D eigenvalue weighted by atomic mass is 16.5. The van der Waals surface area contributed by atoms with E-state index in [4.69, 9.17) is 9.15 Å². The van der Waals surface area contributed by atoms with Gasteiger partial charge < -0.3 is 19.0 Å². The average molecular weight is 324 g/mol. The molecule has 1 rings (SSSR count). The molecule has 0 saturated heterocycles. The maximum Gasteiger partial charge on any atom is 0.257 e. The molecule has 0 spiro atoms. The van der Waals surface area contributed by atoms with Crippen molar-refractivity contribution in [2.75, 3.05) is 39.9 Å². The van der Waals surface area contributed by atoms with Crippen molar-refractivity contribution >= 4 is 11.8 Å². The molecule has 1 aromatic heterocycles. The van der Waals surface area contributed by atoms with Crippen molar-refractivity contribution in [1.82, 2.24) is 9.80 Å². The number of methoxy groups -OCH3 is 1. The Balaban J connectivity index is 2.77. The number of hydrogen-bond donors (Lipinski definition) is 0. The number of amides is 2. The quantitative estimate of drug-likeness (QED) is 0.699. The number of furan rings is 1. The molecule has 6 nitrogen and oxygen atoms in total. The van der Waals surface area contributed by atoms with Crippen LogP contribution in [0.15, 0.2) is 10.5 Å². The third kappa shape index (κ3) is 5.39. The molecule has 0 unspecified atom stereocenters. The Morgan fingerprint density at radius 2 is 1.78 bits per heavy atom. The lowest BCUT2D eigenvalue weighted by atomic mass is 10.2. The van der Waals surface area contributed by atoms with Gasteiger partial charge in [-0.15, -0.1) is 0 Å². The highest BCUT2D eigenvalue weighted by Gasteiger charge is 2.21. The minimum absolute atomic E-state index is 0.0605. The Bertz CT molecular complexity index is 521. The Morgan fingerprint density at radius 1 is 1.13 bits per heavy atom. The van der Waals surface area contributed by atoms with Gasteiger partial charge in [0.15, 0.2) is 0 Å². The van der Waals surface area contributed by atoms with E-state index >= 15 is 0 Å². The fourth-order valence-corrected chi connectivity index (χ4v) is 2.49. The second-order valence-corrected chi connectivity index (χ2v) is 5.43. The maximum absolute atomic E-state index is 12.7. The lowest BCUT2D eigenvalue weighted by Gasteiger charge is -2.24. The van der Waals surface area contributed by atoms with Crippen LogP contribution in [-0.2, 0) is 9.53 Å². The molecule has 0 bridgehead atoms. The van der Waals surface area contributed by atoms with Crippen LogP contribution in [-0.4, -0.2) is 61.5 Å². The second-order valence-electron chi connectivity index (χ2n) is 5.43. The fourth-order valence-electron chi connectivity index (χ4n) is 2.49. The number of carbonyl (C=O) groups is 2. The van der Waals surface area contributed by atoms with Crippen LogP contribution in [0.2, 0.25) is 0 Å². The summed E-state index contributed by atoms with van der Waals surface area (Å²) in [5.41, 5.74) is 0.550. The van der Waals surface area contributed by atoms with Crippen molar-refractivity contribution in [3.63, 3.8) is 0 Å². The van der Waals surface area contributed by atoms with E-state index in [-0.39, 0.29) is 11.8 Å². The van der Waals surface area contributed by atoms with Crippen LogP contribution in [0.4, 0.5) is 0 Å². The third-order valence-electron chi connectivity index (χ3n) is 3.84. The highest BCUT2D eigenvalue weighted by molar-refractivity contribution is 5.95. The first-order valence-corrected chi connectivity index (χ1v) is 8.07. The van der Waals surface area contributed by atoms with Gasteiger partial charge in [0.25, 0.3) is 5.91 Å². The zero-order valence-corrected chi connectivity index (χ0v) is 14.8. The molecular formula is C17H28N2O4. The van der Waals surface area contributed by atoms with Gasteiger partial charge in [0, 0.05) is 39.7 Å². The van der Waals surface area contributed by atoms with Crippen LogP contribution in [0.3, 0.4) is 0 Å². The van der Waals surface area contributed by atoms with Crippen molar-refractivity contribution in [3.8, 4) is 0 Å². The predicted octanol–water partition coefficient (Wildman–Crippen LogP) is 2.24. The third-order valence-corrected chi connectivity index (χ3v) is 3.84. The first kappa shape index (κ1) is 19.2. The first-order valence-electron chi connectivity index (χ1n) is 8.07. The van der Waals surface area contributed by atoms with E-state index in [0.29, 0.717) is 56.3 Å². The summed E-state index contributed by atoms with van der Waals surface area (Å²) in [5, 5.41) is 0. The van der Waals surface area contributed by atoms with Crippen molar-refractivity contribution in [3.05, 3.63) is 23.2 Å². The van der Waals surface area contributed by atoms with E-state index in [0.717, 1.165) is 0 Å². The van der Waals surface area contributed by atoms with Crippen molar-refractivity contribution < 1.29 is 18.7 Å². The van der Waals surface area contributed by atoms with Crippen LogP contribution in [0.1, 0.15) is 42.1 Å². The summed E-state index contributed by atoms with van der Waals surface area (Å²) < 4.78 is 10.5. The molecule has 0 N–H and O–H groups in total. The van der Waals surface area contributed by atoms with E-state index in [1.165, 1.54) is 0 Å². The van der Waals surface area contributed by atoms with Gasteiger partial charge in [-0.1, -0.05) is 0 Å². The largest absolute Gasteiger partial charge is 0.466 e. The Labute approximate surface area is 138 Å². The molecule has 0 aromatic carbocycles. The van der Waals surface area contributed by atoms with Gasteiger partial charge in [-0.2, -0.15) is 0 Å². The lowest BCUT2D eigenvalue weighted by Crippen LogP contribution is -2.38. The monoisotopic (exact) mass is 324 g/mol. The molecular weight excluding hydrogens is 296 g/mol. The lowest BCUT2D eigenvalue weighted by molar-refractivity contribution is -0.131. The van der Waals surface area contributed by atoms with Crippen LogP contribution < -0.4 is 0 Å². The number of carbonyl (C=O) groups excluding carboxylic acids is 2. The summed E-state index contributed by atoms with van der Waals surface area (Å²) in [6.07, 6.45) is 0.313. The molecule has 0 aliphatic rings. The molecule has 130 valence electrons. The van der Waals surface area contributed by atoms with Gasteiger partial charge in [0.1, 0.15) is 11.5 Å². The molecule has 0 aliphatic heterocycles. The van der Waals surface area contributed by atoms with E-state index < -0.39 is 0 Å². The smallest absolute Gasteiger partial charge is 0.257 e.